The molecule has 3 rings (SSSR count). The number of aryl methyl sites for hydroxylation is 1. The van der Waals surface area contributed by atoms with E-state index in [4.69, 9.17) is 0 Å². The maximum atomic E-state index is 11.5. The van der Waals surface area contributed by atoms with Gasteiger partial charge in [-0.3, -0.25) is 0 Å². The van der Waals surface area contributed by atoms with Crippen LogP contribution in [-0.2, 0) is 0 Å². The Morgan fingerprint density at radius 1 is 1.24 bits per heavy atom. The first-order chi connectivity index (χ1) is 10.2. The molecule has 2 aromatic rings. The van der Waals surface area contributed by atoms with Crippen LogP contribution in [0.4, 0.5) is 5.82 Å². The number of benzene rings is 1. The summed E-state index contributed by atoms with van der Waals surface area (Å²) in [6, 6.07) is 7.91. The first kappa shape index (κ1) is 13.6. The van der Waals surface area contributed by atoms with Gasteiger partial charge in [0.1, 0.15) is 11.4 Å². The summed E-state index contributed by atoms with van der Waals surface area (Å²) in [5.41, 5.74) is 2.28. The fourth-order valence-corrected chi connectivity index (χ4v) is 2.55. The zero-order valence-corrected chi connectivity index (χ0v) is 11.9. The quantitative estimate of drug-likeness (QED) is 0.889. The molecule has 0 bridgehead atoms. The van der Waals surface area contributed by atoms with Crippen LogP contribution in [0.2, 0.25) is 0 Å². The predicted molar refractivity (Wildman–Crippen MR) is 80.3 cm³/mol. The Labute approximate surface area is 123 Å². The van der Waals surface area contributed by atoms with E-state index < -0.39 is 5.97 Å². The molecule has 21 heavy (non-hydrogen) atoms. The molecule has 0 saturated carbocycles. The Morgan fingerprint density at radius 2 is 1.90 bits per heavy atom. The first-order valence-electron chi connectivity index (χ1n) is 7.01. The highest BCUT2D eigenvalue weighted by Crippen LogP contribution is 2.25. The van der Waals surface area contributed by atoms with Crippen molar-refractivity contribution in [1.82, 2.24) is 15.1 Å². The van der Waals surface area contributed by atoms with Gasteiger partial charge >= 0.3 is 5.97 Å². The first-order valence-corrected chi connectivity index (χ1v) is 7.01. The molecule has 1 aromatic carbocycles. The highest BCUT2D eigenvalue weighted by Gasteiger charge is 2.24. The van der Waals surface area contributed by atoms with E-state index >= 15 is 0 Å². The SMILES string of the molecule is Cc1ccc(-n2ncc(C(=O)O)c2N2CCNCC2)cc1. The lowest BCUT2D eigenvalue weighted by Crippen LogP contribution is -2.44. The van der Waals surface area contributed by atoms with Gasteiger partial charge in [0.15, 0.2) is 0 Å². The number of nitrogens with zero attached hydrogens (tertiary/aromatic N) is 3. The number of piperazine rings is 1. The molecule has 0 aliphatic carbocycles. The molecule has 1 saturated heterocycles. The van der Waals surface area contributed by atoms with Crippen molar-refractivity contribution in [2.75, 3.05) is 31.1 Å². The number of carboxylic acids is 1. The second kappa shape index (κ2) is 5.57. The number of rotatable bonds is 3. The highest BCUT2D eigenvalue weighted by molar-refractivity contribution is 5.93. The average Bonchev–Trinajstić information content (AvgIpc) is 2.94. The minimum atomic E-state index is -0.943. The van der Waals surface area contributed by atoms with Gasteiger partial charge in [-0.1, -0.05) is 17.7 Å². The van der Waals surface area contributed by atoms with E-state index in [-0.39, 0.29) is 5.56 Å². The van der Waals surface area contributed by atoms with Gasteiger partial charge in [-0.15, -0.1) is 0 Å². The molecule has 6 nitrogen and oxygen atoms in total. The number of anilines is 1. The number of carbonyl (C=O) groups is 1. The third-order valence-corrected chi connectivity index (χ3v) is 3.67. The Morgan fingerprint density at radius 3 is 2.52 bits per heavy atom. The topological polar surface area (TPSA) is 70.4 Å². The van der Waals surface area contributed by atoms with Gasteiger partial charge in [0, 0.05) is 26.2 Å². The number of aromatic nitrogens is 2. The van der Waals surface area contributed by atoms with Crippen molar-refractivity contribution >= 4 is 11.8 Å². The molecule has 1 aliphatic rings. The minimum absolute atomic E-state index is 0.248. The van der Waals surface area contributed by atoms with E-state index in [2.05, 4.69) is 15.3 Å². The summed E-state index contributed by atoms with van der Waals surface area (Å²) in [4.78, 5) is 13.5. The second-order valence-electron chi connectivity index (χ2n) is 5.17. The fourth-order valence-electron chi connectivity index (χ4n) is 2.55. The molecular formula is C15H18N4O2. The van der Waals surface area contributed by atoms with Crippen LogP contribution in [0.3, 0.4) is 0 Å². The van der Waals surface area contributed by atoms with Crippen LogP contribution in [-0.4, -0.2) is 47.0 Å². The van der Waals surface area contributed by atoms with E-state index in [1.165, 1.54) is 6.20 Å². The molecule has 1 aliphatic heterocycles. The zero-order chi connectivity index (χ0) is 14.8. The van der Waals surface area contributed by atoms with Crippen LogP contribution in [0.5, 0.6) is 0 Å². The summed E-state index contributed by atoms with van der Waals surface area (Å²) < 4.78 is 1.72. The summed E-state index contributed by atoms with van der Waals surface area (Å²) >= 11 is 0. The van der Waals surface area contributed by atoms with Gasteiger partial charge in [0.05, 0.1) is 11.9 Å². The molecular weight excluding hydrogens is 268 g/mol. The molecule has 2 N–H and O–H groups in total. The lowest BCUT2D eigenvalue weighted by molar-refractivity contribution is 0.0697. The maximum absolute atomic E-state index is 11.5. The summed E-state index contributed by atoms with van der Waals surface area (Å²) in [5, 5.41) is 17.0. The van der Waals surface area contributed by atoms with Crippen LogP contribution in [0, 0.1) is 6.92 Å². The van der Waals surface area contributed by atoms with Gasteiger partial charge < -0.3 is 15.3 Å². The van der Waals surface area contributed by atoms with Crippen molar-refractivity contribution in [3.8, 4) is 5.69 Å². The molecule has 0 unspecified atom stereocenters. The van der Waals surface area contributed by atoms with Gasteiger partial charge in [-0.05, 0) is 19.1 Å². The van der Waals surface area contributed by atoms with E-state index in [1.54, 1.807) is 4.68 Å². The number of nitrogens with one attached hydrogen (secondary N) is 1. The number of aromatic carboxylic acids is 1. The van der Waals surface area contributed by atoms with Crippen LogP contribution >= 0.6 is 0 Å². The smallest absolute Gasteiger partial charge is 0.341 e. The Hall–Kier alpha value is -2.34. The molecule has 1 fully saturated rings. The summed E-state index contributed by atoms with van der Waals surface area (Å²) in [6.45, 7) is 5.26. The summed E-state index contributed by atoms with van der Waals surface area (Å²) in [7, 11) is 0. The van der Waals surface area contributed by atoms with E-state index in [9.17, 15) is 9.90 Å². The number of carboxylic acid groups (broad SMARTS) is 1. The van der Waals surface area contributed by atoms with Crippen molar-refractivity contribution in [3.63, 3.8) is 0 Å². The third-order valence-electron chi connectivity index (χ3n) is 3.67. The van der Waals surface area contributed by atoms with Crippen LogP contribution in [0.15, 0.2) is 30.5 Å². The predicted octanol–water partition coefficient (Wildman–Crippen LogP) is 1.29. The van der Waals surface area contributed by atoms with Crippen LogP contribution < -0.4 is 10.2 Å². The third kappa shape index (κ3) is 2.62. The molecule has 0 spiro atoms. The molecule has 2 heterocycles. The van der Waals surface area contributed by atoms with Crippen molar-refractivity contribution in [1.29, 1.82) is 0 Å². The van der Waals surface area contributed by atoms with Crippen molar-refractivity contribution in [2.24, 2.45) is 0 Å². The average molecular weight is 286 g/mol. The van der Waals surface area contributed by atoms with Crippen molar-refractivity contribution in [2.45, 2.75) is 6.92 Å². The molecule has 110 valence electrons. The van der Waals surface area contributed by atoms with Gasteiger partial charge in [0.25, 0.3) is 0 Å². The van der Waals surface area contributed by atoms with Gasteiger partial charge in [-0.2, -0.15) is 5.10 Å². The van der Waals surface area contributed by atoms with E-state index in [0.717, 1.165) is 37.4 Å². The normalized spacial score (nSPS) is 15.2. The lowest BCUT2D eigenvalue weighted by Gasteiger charge is -2.30. The molecule has 1 aromatic heterocycles. The van der Waals surface area contributed by atoms with E-state index in [1.807, 2.05) is 31.2 Å². The molecule has 6 heteroatoms. The monoisotopic (exact) mass is 286 g/mol. The Bertz CT molecular complexity index is 642. The standard InChI is InChI=1S/C15H18N4O2/c1-11-2-4-12(5-3-11)19-14(13(10-17-19)15(20)21)18-8-6-16-7-9-18/h2-5,10,16H,6-9H2,1H3,(H,20,21). The highest BCUT2D eigenvalue weighted by atomic mass is 16.4. The Kier molecular flexibility index (Phi) is 3.62. The number of hydrogen-bond donors (Lipinski definition) is 2. The lowest BCUT2D eigenvalue weighted by atomic mass is 10.2. The second-order valence-corrected chi connectivity index (χ2v) is 5.17. The number of hydrogen-bond acceptors (Lipinski definition) is 4. The van der Waals surface area contributed by atoms with Crippen LogP contribution in [0.25, 0.3) is 5.69 Å². The molecule has 0 atom stereocenters. The minimum Gasteiger partial charge on any atom is -0.477 e. The summed E-state index contributed by atoms with van der Waals surface area (Å²) in [5.74, 6) is -0.283. The molecule has 0 amide bonds. The van der Waals surface area contributed by atoms with Crippen molar-refractivity contribution in [3.05, 3.63) is 41.6 Å². The van der Waals surface area contributed by atoms with E-state index in [0.29, 0.717) is 5.82 Å². The van der Waals surface area contributed by atoms with Gasteiger partial charge in [0.2, 0.25) is 0 Å². The Balaban J connectivity index is 2.07. The van der Waals surface area contributed by atoms with Crippen LogP contribution in [0.1, 0.15) is 15.9 Å². The van der Waals surface area contributed by atoms with Crippen molar-refractivity contribution < 1.29 is 9.90 Å². The summed E-state index contributed by atoms with van der Waals surface area (Å²) in [6.07, 6.45) is 1.43. The maximum Gasteiger partial charge on any atom is 0.341 e. The zero-order valence-electron chi connectivity index (χ0n) is 11.9. The molecule has 0 radical (unpaired) electrons. The fraction of sp³-hybridized carbons (Fsp3) is 0.333. The van der Waals surface area contributed by atoms with Gasteiger partial charge in [-0.25, -0.2) is 9.48 Å². The largest absolute Gasteiger partial charge is 0.477 e.